The van der Waals surface area contributed by atoms with E-state index in [1.165, 1.54) is 0 Å². The molecule has 0 aromatic carbocycles. The summed E-state index contributed by atoms with van der Waals surface area (Å²) < 4.78 is 0. The topological polar surface area (TPSA) is 81.3 Å². The molecule has 1 aliphatic heterocycles. The van der Waals surface area contributed by atoms with Gasteiger partial charge in [-0.3, -0.25) is 0 Å². The standard InChI is InChI=1S/C14H28N4/c1-13(2,3)11(15)5-6-12(16)18-9-7-14(4,17)8-10-18/h5-6H,7-10,15-17H2,1-4H3/b11-5-,12-6+. The highest BCUT2D eigenvalue weighted by molar-refractivity contribution is 5.18. The van der Waals surface area contributed by atoms with E-state index in [1.54, 1.807) is 0 Å². The van der Waals surface area contributed by atoms with E-state index in [-0.39, 0.29) is 11.0 Å². The average molecular weight is 252 g/mol. The molecule has 0 spiro atoms. The predicted molar refractivity (Wildman–Crippen MR) is 77.4 cm³/mol. The van der Waals surface area contributed by atoms with Gasteiger partial charge in [-0.2, -0.15) is 0 Å². The van der Waals surface area contributed by atoms with Gasteiger partial charge in [-0.05, 0) is 31.9 Å². The second-order valence-electron chi connectivity index (χ2n) is 6.60. The van der Waals surface area contributed by atoms with Crippen molar-refractivity contribution in [3.05, 3.63) is 23.7 Å². The molecular weight excluding hydrogens is 224 g/mol. The minimum Gasteiger partial charge on any atom is -0.402 e. The van der Waals surface area contributed by atoms with E-state index in [1.807, 2.05) is 12.2 Å². The van der Waals surface area contributed by atoms with Crippen LogP contribution in [0.4, 0.5) is 0 Å². The predicted octanol–water partition coefficient (Wildman–Crippen LogP) is 1.49. The molecule has 1 rings (SSSR count). The number of nitrogens with two attached hydrogens (primary N) is 3. The van der Waals surface area contributed by atoms with Crippen LogP contribution in [-0.4, -0.2) is 23.5 Å². The smallest absolute Gasteiger partial charge is 0.0987 e. The molecule has 4 nitrogen and oxygen atoms in total. The lowest BCUT2D eigenvalue weighted by molar-refractivity contribution is 0.208. The zero-order chi connectivity index (χ0) is 14.0. The Hall–Kier alpha value is -1.16. The highest BCUT2D eigenvalue weighted by atomic mass is 15.2. The van der Waals surface area contributed by atoms with Gasteiger partial charge in [-0.25, -0.2) is 0 Å². The first-order valence-corrected chi connectivity index (χ1v) is 6.59. The van der Waals surface area contributed by atoms with Crippen LogP contribution in [0.1, 0.15) is 40.5 Å². The molecule has 0 aliphatic carbocycles. The van der Waals surface area contributed by atoms with E-state index < -0.39 is 0 Å². The molecule has 1 fully saturated rings. The van der Waals surface area contributed by atoms with Crippen molar-refractivity contribution in [2.75, 3.05) is 13.1 Å². The molecule has 4 heteroatoms. The maximum Gasteiger partial charge on any atom is 0.0987 e. The number of hydrogen-bond acceptors (Lipinski definition) is 4. The number of rotatable bonds is 2. The minimum absolute atomic E-state index is 0.0193. The highest BCUT2D eigenvalue weighted by Gasteiger charge is 2.25. The molecule has 0 aromatic heterocycles. The van der Waals surface area contributed by atoms with E-state index in [4.69, 9.17) is 17.2 Å². The van der Waals surface area contributed by atoms with Gasteiger partial charge in [0.1, 0.15) is 0 Å². The van der Waals surface area contributed by atoms with E-state index in [0.717, 1.165) is 37.4 Å². The number of hydrogen-bond donors (Lipinski definition) is 3. The molecule has 0 saturated carbocycles. The summed E-state index contributed by atoms with van der Waals surface area (Å²) in [6.07, 6.45) is 5.76. The van der Waals surface area contributed by atoms with Gasteiger partial charge in [0.15, 0.2) is 0 Å². The fourth-order valence-corrected chi connectivity index (χ4v) is 1.81. The first kappa shape index (κ1) is 14.9. The first-order chi connectivity index (χ1) is 8.12. The Morgan fingerprint density at radius 2 is 1.61 bits per heavy atom. The number of likely N-dealkylation sites (tertiary alicyclic amines) is 1. The molecule has 18 heavy (non-hydrogen) atoms. The first-order valence-electron chi connectivity index (χ1n) is 6.59. The molecule has 1 aliphatic rings. The second-order valence-corrected chi connectivity index (χ2v) is 6.60. The highest BCUT2D eigenvalue weighted by Crippen LogP contribution is 2.22. The van der Waals surface area contributed by atoms with Gasteiger partial charge in [-0.1, -0.05) is 20.8 Å². The van der Waals surface area contributed by atoms with Gasteiger partial charge < -0.3 is 22.1 Å². The lowest BCUT2D eigenvalue weighted by Crippen LogP contribution is -2.48. The third kappa shape index (κ3) is 4.26. The van der Waals surface area contributed by atoms with Crippen molar-refractivity contribution in [2.24, 2.45) is 22.6 Å². The largest absolute Gasteiger partial charge is 0.402 e. The normalized spacial score (nSPS) is 22.2. The molecule has 0 bridgehead atoms. The lowest BCUT2D eigenvalue weighted by Gasteiger charge is -2.37. The van der Waals surface area contributed by atoms with Gasteiger partial charge in [0.05, 0.1) is 5.82 Å². The molecular formula is C14H28N4. The van der Waals surface area contributed by atoms with Crippen LogP contribution in [0, 0.1) is 5.41 Å². The zero-order valence-corrected chi connectivity index (χ0v) is 12.2. The Balaban J connectivity index is 2.63. The summed E-state index contributed by atoms with van der Waals surface area (Å²) in [5.74, 6) is 0.776. The van der Waals surface area contributed by atoms with Crippen LogP contribution in [0.5, 0.6) is 0 Å². The van der Waals surface area contributed by atoms with Crippen LogP contribution in [-0.2, 0) is 0 Å². The third-order valence-corrected chi connectivity index (χ3v) is 3.57. The number of nitrogens with zero attached hydrogens (tertiary/aromatic N) is 1. The van der Waals surface area contributed by atoms with E-state index in [0.29, 0.717) is 0 Å². The van der Waals surface area contributed by atoms with Gasteiger partial charge in [0.2, 0.25) is 0 Å². The maximum atomic E-state index is 6.10. The molecule has 104 valence electrons. The Kier molecular flexibility index (Phi) is 4.32. The summed E-state index contributed by atoms with van der Waals surface area (Å²) in [6, 6.07) is 0. The molecule has 1 heterocycles. The van der Waals surface area contributed by atoms with Crippen LogP contribution >= 0.6 is 0 Å². The van der Waals surface area contributed by atoms with Crippen molar-refractivity contribution in [1.82, 2.24) is 4.90 Å². The molecule has 0 aromatic rings. The fraction of sp³-hybridized carbons (Fsp3) is 0.714. The van der Waals surface area contributed by atoms with Crippen molar-refractivity contribution in [3.8, 4) is 0 Å². The quantitative estimate of drug-likeness (QED) is 0.650. The molecule has 1 saturated heterocycles. The summed E-state index contributed by atoms with van der Waals surface area (Å²) in [5.41, 5.74) is 18.9. The molecule has 0 amide bonds. The molecule has 0 atom stereocenters. The van der Waals surface area contributed by atoms with E-state index in [2.05, 4.69) is 32.6 Å². The van der Waals surface area contributed by atoms with Gasteiger partial charge in [0, 0.05) is 29.7 Å². The number of piperidine rings is 1. The summed E-state index contributed by atoms with van der Waals surface area (Å²) >= 11 is 0. The van der Waals surface area contributed by atoms with E-state index in [9.17, 15) is 0 Å². The lowest BCUT2D eigenvalue weighted by atomic mass is 9.91. The summed E-state index contributed by atoms with van der Waals surface area (Å²) in [7, 11) is 0. The van der Waals surface area contributed by atoms with Crippen molar-refractivity contribution < 1.29 is 0 Å². The van der Waals surface area contributed by atoms with Crippen molar-refractivity contribution in [2.45, 2.75) is 46.1 Å². The van der Waals surface area contributed by atoms with Crippen LogP contribution < -0.4 is 17.2 Å². The van der Waals surface area contributed by atoms with Crippen LogP contribution in [0.15, 0.2) is 23.7 Å². The van der Waals surface area contributed by atoms with Gasteiger partial charge in [0.25, 0.3) is 0 Å². The zero-order valence-electron chi connectivity index (χ0n) is 12.2. The summed E-state index contributed by atoms with van der Waals surface area (Å²) in [4.78, 5) is 2.17. The van der Waals surface area contributed by atoms with Crippen LogP contribution in [0.3, 0.4) is 0 Å². The SMILES string of the molecule is CC1(N)CCN(/C(N)=C/C=C(\N)C(C)(C)C)CC1. The number of allylic oxidation sites excluding steroid dienone is 3. The Morgan fingerprint density at radius 3 is 2.06 bits per heavy atom. The van der Waals surface area contributed by atoms with Crippen LogP contribution in [0.25, 0.3) is 0 Å². The maximum absolute atomic E-state index is 6.10. The van der Waals surface area contributed by atoms with Gasteiger partial charge in [-0.15, -0.1) is 0 Å². The third-order valence-electron chi connectivity index (χ3n) is 3.57. The Morgan fingerprint density at radius 1 is 1.11 bits per heavy atom. The molecule has 0 unspecified atom stereocenters. The van der Waals surface area contributed by atoms with Crippen LogP contribution in [0.2, 0.25) is 0 Å². The Labute approximate surface area is 111 Å². The monoisotopic (exact) mass is 252 g/mol. The second kappa shape index (κ2) is 5.22. The fourth-order valence-electron chi connectivity index (χ4n) is 1.81. The Bertz CT molecular complexity index is 337. The van der Waals surface area contributed by atoms with Gasteiger partial charge >= 0.3 is 0 Å². The molecule has 0 radical (unpaired) electrons. The molecule has 6 N–H and O–H groups in total. The van der Waals surface area contributed by atoms with Crippen molar-refractivity contribution in [1.29, 1.82) is 0 Å². The van der Waals surface area contributed by atoms with E-state index >= 15 is 0 Å². The average Bonchev–Trinajstić information content (AvgIpc) is 2.24. The van der Waals surface area contributed by atoms with Crippen molar-refractivity contribution in [3.63, 3.8) is 0 Å². The summed E-state index contributed by atoms with van der Waals surface area (Å²) in [5, 5.41) is 0. The summed E-state index contributed by atoms with van der Waals surface area (Å²) in [6.45, 7) is 10.2. The van der Waals surface area contributed by atoms with Crippen molar-refractivity contribution >= 4 is 0 Å². The minimum atomic E-state index is -0.0446.